The van der Waals surface area contributed by atoms with Gasteiger partial charge in [0.15, 0.2) is 5.78 Å². The van der Waals surface area contributed by atoms with Crippen molar-refractivity contribution in [3.05, 3.63) is 62.6 Å². The molecule has 1 aliphatic rings. The molecule has 0 bridgehead atoms. The predicted octanol–water partition coefficient (Wildman–Crippen LogP) is 3.64. The summed E-state index contributed by atoms with van der Waals surface area (Å²) in [5.74, 6) is -2.40. The molecule has 0 unspecified atom stereocenters. The van der Waals surface area contributed by atoms with Crippen LogP contribution < -0.4 is 11.1 Å². The summed E-state index contributed by atoms with van der Waals surface area (Å²) in [7, 11) is 0. The van der Waals surface area contributed by atoms with Crippen LogP contribution in [0.4, 0.5) is 5.00 Å². The van der Waals surface area contributed by atoms with Crippen molar-refractivity contribution in [1.29, 1.82) is 0 Å². The van der Waals surface area contributed by atoms with Gasteiger partial charge in [-0.25, -0.2) is 4.79 Å². The van der Waals surface area contributed by atoms with Gasteiger partial charge < -0.3 is 16.2 Å². The van der Waals surface area contributed by atoms with Gasteiger partial charge in [-0.2, -0.15) is 0 Å². The zero-order valence-corrected chi connectivity index (χ0v) is 15.8. The number of aryl methyl sites for hydroxylation is 1. The largest absolute Gasteiger partial charge is 0.477 e. The highest BCUT2D eigenvalue weighted by molar-refractivity contribution is 7.16. The van der Waals surface area contributed by atoms with Crippen LogP contribution in [-0.2, 0) is 17.6 Å². The highest BCUT2D eigenvalue weighted by Crippen LogP contribution is 2.38. The Kier molecular flexibility index (Phi) is 5.62. The van der Waals surface area contributed by atoms with Gasteiger partial charge in [-0.3, -0.25) is 9.59 Å². The number of rotatable bonds is 6. The van der Waals surface area contributed by atoms with E-state index in [4.69, 9.17) is 17.3 Å². The lowest BCUT2D eigenvalue weighted by Crippen LogP contribution is -2.18. The van der Waals surface area contributed by atoms with E-state index >= 15 is 0 Å². The first-order valence-corrected chi connectivity index (χ1v) is 9.52. The summed E-state index contributed by atoms with van der Waals surface area (Å²) in [6.07, 6.45) is 4.54. The number of nitrogens with one attached hydrogen (secondary N) is 1. The number of primary amides is 1. The lowest BCUT2D eigenvalue weighted by Gasteiger charge is -2.11. The molecule has 2 aromatic rings. The quantitative estimate of drug-likeness (QED) is 0.503. The number of carboxylic acid groups (broad SMARTS) is 1. The van der Waals surface area contributed by atoms with Crippen LogP contribution in [0.2, 0.25) is 5.02 Å². The van der Waals surface area contributed by atoms with Gasteiger partial charge >= 0.3 is 5.97 Å². The van der Waals surface area contributed by atoms with Crippen LogP contribution in [0.1, 0.15) is 44.0 Å². The van der Waals surface area contributed by atoms with Crippen molar-refractivity contribution in [3.63, 3.8) is 0 Å². The Labute approximate surface area is 164 Å². The smallest absolute Gasteiger partial charge is 0.352 e. The zero-order chi connectivity index (χ0) is 19.6. The number of amides is 1. The second-order valence-electron chi connectivity index (χ2n) is 6.14. The van der Waals surface area contributed by atoms with Crippen LogP contribution in [-0.4, -0.2) is 22.8 Å². The van der Waals surface area contributed by atoms with E-state index in [0.717, 1.165) is 42.2 Å². The molecule has 1 aliphatic carbocycles. The fourth-order valence-corrected chi connectivity index (χ4v) is 4.45. The Morgan fingerprint density at radius 2 is 1.81 bits per heavy atom. The van der Waals surface area contributed by atoms with Crippen molar-refractivity contribution in [1.82, 2.24) is 0 Å². The number of anilines is 1. The SMILES string of the molecule is NC(=O)c1c(NC(=CC(=O)c2ccc(Cl)cc2)C(=O)O)sc2c1CCCC2. The van der Waals surface area contributed by atoms with E-state index in [9.17, 15) is 19.5 Å². The lowest BCUT2D eigenvalue weighted by molar-refractivity contribution is -0.132. The number of carboxylic acids is 1. The van der Waals surface area contributed by atoms with Gasteiger partial charge in [0.1, 0.15) is 10.7 Å². The maximum Gasteiger partial charge on any atom is 0.352 e. The molecule has 0 aliphatic heterocycles. The third-order valence-electron chi connectivity index (χ3n) is 4.30. The number of halogens is 1. The number of hydrogen-bond donors (Lipinski definition) is 3. The first kappa shape index (κ1) is 19.1. The highest BCUT2D eigenvalue weighted by Gasteiger charge is 2.25. The topological polar surface area (TPSA) is 109 Å². The molecule has 0 atom stereocenters. The fourth-order valence-electron chi connectivity index (χ4n) is 3.02. The molecule has 140 valence electrons. The molecule has 0 saturated carbocycles. The normalized spacial score (nSPS) is 13.7. The van der Waals surface area contributed by atoms with Gasteiger partial charge in [0, 0.05) is 21.5 Å². The van der Waals surface area contributed by atoms with E-state index in [2.05, 4.69) is 5.32 Å². The van der Waals surface area contributed by atoms with Gasteiger partial charge in [-0.1, -0.05) is 11.6 Å². The van der Waals surface area contributed by atoms with Crippen LogP contribution in [0.15, 0.2) is 36.0 Å². The van der Waals surface area contributed by atoms with E-state index in [-0.39, 0.29) is 5.70 Å². The van der Waals surface area contributed by atoms with Gasteiger partial charge in [0.25, 0.3) is 5.91 Å². The second-order valence-corrected chi connectivity index (χ2v) is 7.68. The average Bonchev–Trinajstić information content (AvgIpc) is 2.99. The Balaban J connectivity index is 1.94. The van der Waals surface area contributed by atoms with Crippen LogP contribution in [0.5, 0.6) is 0 Å². The summed E-state index contributed by atoms with van der Waals surface area (Å²) in [6.45, 7) is 0. The number of benzene rings is 1. The molecule has 27 heavy (non-hydrogen) atoms. The summed E-state index contributed by atoms with van der Waals surface area (Å²) in [6, 6.07) is 6.13. The second kappa shape index (κ2) is 7.94. The summed E-state index contributed by atoms with van der Waals surface area (Å²) in [5.41, 5.74) is 6.71. The number of thiophene rings is 1. The number of carbonyl (C=O) groups is 3. The summed E-state index contributed by atoms with van der Waals surface area (Å²) < 4.78 is 0. The Bertz CT molecular complexity index is 947. The van der Waals surface area contributed by atoms with Crippen molar-refractivity contribution < 1.29 is 19.5 Å². The molecule has 0 saturated heterocycles. The molecule has 6 nitrogen and oxygen atoms in total. The minimum atomic E-state index is -1.31. The van der Waals surface area contributed by atoms with Crippen LogP contribution >= 0.6 is 22.9 Å². The Morgan fingerprint density at radius 1 is 1.15 bits per heavy atom. The molecule has 0 radical (unpaired) electrons. The number of carbonyl (C=O) groups excluding carboxylic acids is 2. The minimum absolute atomic E-state index is 0.306. The van der Waals surface area contributed by atoms with Gasteiger partial charge in [0.05, 0.1) is 5.56 Å². The van der Waals surface area contributed by atoms with Gasteiger partial charge in [0.2, 0.25) is 0 Å². The number of hydrogen-bond acceptors (Lipinski definition) is 5. The van der Waals surface area contributed by atoms with E-state index in [0.29, 0.717) is 21.2 Å². The molecule has 1 amide bonds. The maximum absolute atomic E-state index is 12.4. The zero-order valence-electron chi connectivity index (χ0n) is 14.3. The highest BCUT2D eigenvalue weighted by atomic mass is 35.5. The number of ketones is 1. The fraction of sp³-hybridized carbons (Fsp3) is 0.211. The van der Waals surface area contributed by atoms with Crippen LogP contribution in [0.3, 0.4) is 0 Å². The number of aliphatic carboxylic acids is 1. The average molecular weight is 405 g/mol. The molecule has 1 aromatic carbocycles. The molecule has 1 heterocycles. The monoisotopic (exact) mass is 404 g/mol. The number of nitrogens with two attached hydrogens (primary N) is 1. The molecule has 3 rings (SSSR count). The molecular weight excluding hydrogens is 388 g/mol. The number of allylic oxidation sites excluding steroid dienone is 1. The van der Waals surface area contributed by atoms with Crippen molar-refractivity contribution in [2.75, 3.05) is 5.32 Å². The molecule has 8 heteroatoms. The maximum atomic E-state index is 12.4. The van der Waals surface area contributed by atoms with Crippen LogP contribution in [0.25, 0.3) is 0 Å². The molecule has 0 spiro atoms. The van der Waals surface area contributed by atoms with Crippen molar-refractivity contribution in [3.8, 4) is 0 Å². The Hall–Kier alpha value is -2.64. The van der Waals surface area contributed by atoms with Crippen molar-refractivity contribution >= 4 is 45.6 Å². The van der Waals surface area contributed by atoms with E-state index < -0.39 is 17.7 Å². The lowest BCUT2D eigenvalue weighted by atomic mass is 9.95. The van der Waals surface area contributed by atoms with Crippen molar-refractivity contribution in [2.45, 2.75) is 25.7 Å². The standard InChI is InChI=1S/C19H17ClN2O4S/c20-11-7-5-10(6-8-11)14(23)9-13(19(25)26)22-18-16(17(21)24)12-3-1-2-4-15(12)27-18/h5-9,22H,1-4H2,(H2,21,24)(H,25,26). The molecule has 4 N–H and O–H groups in total. The molecule has 1 aromatic heterocycles. The van der Waals surface area contributed by atoms with Crippen LogP contribution in [0, 0.1) is 0 Å². The van der Waals surface area contributed by atoms with Gasteiger partial charge in [-0.05, 0) is 55.5 Å². The number of fused-ring (bicyclic) bond motifs is 1. The minimum Gasteiger partial charge on any atom is -0.477 e. The van der Waals surface area contributed by atoms with E-state index in [1.54, 1.807) is 12.1 Å². The first-order valence-electron chi connectivity index (χ1n) is 8.33. The molecular formula is C19H17ClN2O4S. The molecule has 0 fully saturated rings. The summed E-state index contributed by atoms with van der Waals surface area (Å²) >= 11 is 7.12. The summed E-state index contributed by atoms with van der Waals surface area (Å²) in [4.78, 5) is 37.0. The third-order valence-corrected chi connectivity index (χ3v) is 5.76. The summed E-state index contributed by atoms with van der Waals surface area (Å²) in [5, 5.41) is 13.1. The van der Waals surface area contributed by atoms with E-state index in [1.807, 2.05) is 0 Å². The predicted molar refractivity (Wildman–Crippen MR) is 105 cm³/mol. The van der Waals surface area contributed by atoms with Crippen molar-refractivity contribution in [2.24, 2.45) is 5.73 Å². The third kappa shape index (κ3) is 4.20. The van der Waals surface area contributed by atoms with Gasteiger partial charge in [-0.15, -0.1) is 11.3 Å². The first-order chi connectivity index (χ1) is 12.9. The Morgan fingerprint density at radius 3 is 2.44 bits per heavy atom. The van der Waals surface area contributed by atoms with E-state index in [1.165, 1.54) is 23.5 Å².